The van der Waals surface area contributed by atoms with Crippen molar-refractivity contribution < 1.29 is 0 Å². The van der Waals surface area contributed by atoms with Gasteiger partial charge in [0, 0.05) is 0 Å². The molecule has 0 aliphatic heterocycles. The van der Waals surface area contributed by atoms with Crippen LogP contribution in [0, 0.1) is 106 Å². The summed E-state index contributed by atoms with van der Waals surface area (Å²) in [7, 11) is 0. The summed E-state index contributed by atoms with van der Waals surface area (Å²) in [5.41, 5.74) is 2.58. The zero-order valence-electron chi connectivity index (χ0n) is 47.7. The summed E-state index contributed by atoms with van der Waals surface area (Å²) < 4.78 is 0. The van der Waals surface area contributed by atoms with E-state index in [-0.39, 0.29) is 0 Å². The molecule has 9 aliphatic rings. The van der Waals surface area contributed by atoms with E-state index in [9.17, 15) is 0 Å². The van der Waals surface area contributed by atoms with Crippen molar-refractivity contribution in [3.05, 3.63) is 23.8 Å². The molecule has 0 aromatic rings. The van der Waals surface area contributed by atoms with Gasteiger partial charge in [-0.3, -0.25) is 0 Å². The van der Waals surface area contributed by atoms with Gasteiger partial charge in [0.2, 0.25) is 0 Å². The van der Waals surface area contributed by atoms with E-state index in [0.29, 0.717) is 5.41 Å². The number of unbranched alkanes of at least 4 members (excludes halogenated alkanes) is 8. The molecule has 0 N–H and O–H groups in total. The van der Waals surface area contributed by atoms with E-state index in [2.05, 4.69) is 45.9 Å². The lowest BCUT2D eigenvalue weighted by atomic mass is 9.59. The van der Waals surface area contributed by atoms with Crippen LogP contribution >= 0.6 is 0 Å². The van der Waals surface area contributed by atoms with Gasteiger partial charge in [-0.1, -0.05) is 193 Å². The lowest BCUT2D eigenvalue weighted by Crippen LogP contribution is -2.37. The fraction of sp³-hybridized carbons (Fsp3) is 0.943. The van der Waals surface area contributed by atoms with Crippen LogP contribution in [-0.4, -0.2) is 0 Å². The summed E-state index contributed by atoms with van der Waals surface area (Å²) in [4.78, 5) is 0. The number of hydrogen-bond donors (Lipinski definition) is 0. The summed E-state index contributed by atoms with van der Waals surface area (Å²) in [6.07, 6.45) is 75.8. The summed E-state index contributed by atoms with van der Waals surface area (Å²) in [6, 6.07) is 0. The van der Waals surface area contributed by atoms with Gasteiger partial charge >= 0.3 is 0 Å². The van der Waals surface area contributed by atoms with E-state index in [1.807, 2.05) is 5.57 Å². The third kappa shape index (κ3) is 13.9. The molecular formula is C70H120. The SMILES string of the molecule is CCCCCCCC1CC(C2CCC3C4CCC(C5CCC(C=C(C6CCCCC6)C6CCCCC6)C(CCCCCCC)C5)CC4C(C)(C)C3C2)CCC1C=CC(C1CCCCC1)C1CCCCC1. The predicted octanol–water partition coefficient (Wildman–Crippen LogP) is 22.3. The third-order valence-corrected chi connectivity index (χ3v) is 24.7. The van der Waals surface area contributed by atoms with Crippen LogP contribution in [0.3, 0.4) is 0 Å². The van der Waals surface area contributed by atoms with Crippen LogP contribution in [0.1, 0.15) is 310 Å². The van der Waals surface area contributed by atoms with E-state index in [1.54, 1.807) is 70.6 Å². The van der Waals surface area contributed by atoms with Crippen LogP contribution in [0.4, 0.5) is 0 Å². The van der Waals surface area contributed by atoms with Gasteiger partial charge in [0.1, 0.15) is 0 Å². The van der Waals surface area contributed by atoms with Crippen LogP contribution < -0.4 is 0 Å². The zero-order chi connectivity index (χ0) is 48.1. The number of hydrogen-bond acceptors (Lipinski definition) is 0. The number of rotatable bonds is 21. The van der Waals surface area contributed by atoms with Gasteiger partial charge in [0.05, 0.1) is 0 Å². The Kier molecular flexibility index (Phi) is 21.3. The quantitative estimate of drug-likeness (QED) is 0.0794. The fourth-order valence-corrected chi connectivity index (χ4v) is 20.7. The van der Waals surface area contributed by atoms with Gasteiger partial charge in [-0.15, -0.1) is 0 Å². The Bertz CT molecular complexity index is 1480. The lowest BCUT2D eigenvalue weighted by Gasteiger charge is -2.46. The third-order valence-electron chi connectivity index (χ3n) is 24.7. The van der Waals surface area contributed by atoms with Crippen LogP contribution in [0.25, 0.3) is 0 Å². The van der Waals surface area contributed by atoms with Gasteiger partial charge in [0.25, 0.3) is 0 Å². The molecule has 70 heavy (non-hydrogen) atoms. The predicted molar refractivity (Wildman–Crippen MR) is 305 cm³/mol. The van der Waals surface area contributed by atoms with Gasteiger partial charge in [-0.05, 0) is 247 Å². The second-order valence-electron chi connectivity index (χ2n) is 29.0. The minimum absolute atomic E-state index is 0.548. The van der Waals surface area contributed by atoms with Gasteiger partial charge < -0.3 is 0 Å². The van der Waals surface area contributed by atoms with Gasteiger partial charge in [-0.25, -0.2) is 0 Å². The second-order valence-corrected chi connectivity index (χ2v) is 29.0. The molecule has 9 saturated carbocycles. The highest BCUT2D eigenvalue weighted by molar-refractivity contribution is 5.16. The van der Waals surface area contributed by atoms with Crippen LogP contribution in [0.5, 0.6) is 0 Å². The van der Waals surface area contributed by atoms with Crippen molar-refractivity contribution in [3.63, 3.8) is 0 Å². The Morgan fingerprint density at radius 3 is 1.29 bits per heavy atom. The van der Waals surface area contributed by atoms with Crippen molar-refractivity contribution in [2.24, 2.45) is 106 Å². The van der Waals surface area contributed by atoms with Crippen molar-refractivity contribution in [2.45, 2.75) is 310 Å². The monoisotopic (exact) mass is 961 g/mol. The average Bonchev–Trinajstić information content (AvgIpc) is 3.63. The molecule has 0 bridgehead atoms. The van der Waals surface area contributed by atoms with E-state index in [4.69, 9.17) is 0 Å². The van der Waals surface area contributed by atoms with Gasteiger partial charge in [0.15, 0.2) is 0 Å². The molecular weight excluding hydrogens is 841 g/mol. The molecule has 12 unspecified atom stereocenters. The molecule has 9 aliphatic carbocycles. The zero-order valence-corrected chi connectivity index (χ0v) is 47.7. The minimum atomic E-state index is 0.548. The molecule has 12 atom stereocenters. The maximum Gasteiger partial charge on any atom is -0.0177 e. The Labute approximate surface area is 437 Å². The maximum absolute atomic E-state index is 3.08. The highest BCUT2D eigenvalue weighted by Crippen LogP contribution is 2.66. The molecule has 0 spiro atoms. The molecule has 0 radical (unpaired) electrons. The molecule has 0 heterocycles. The smallest absolute Gasteiger partial charge is 0.0177 e. The highest BCUT2D eigenvalue weighted by Gasteiger charge is 2.58. The molecule has 0 saturated heterocycles. The molecule has 9 rings (SSSR count). The summed E-state index contributed by atoms with van der Waals surface area (Å²) in [5.74, 6) is 16.7. The fourth-order valence-electron chi connectivity index (χ4n) is 20.7. The molecule has 0 heteroatoms. The van der Waals surface area contributed by atoms with Crippen LogP contribution in [0.2, 0.25) is 0 Å². The highest BCUT2D eigenvalue weighted by atomic mass is 14.6. The minimum Gasteiger partial charge on any atom is -0.0848 e. The summed E-state index contributed by atoms with van der Waals surface area (Å²) in [5, 5.41) is 0. The first-order valence-corrected chi connectivity index (χ1v) is 33.8. The topological polar surface area (TPSA) is 0 Å². The Morgan fingerprint density at radius 1 is 0.414 bits per heavy atom. The lowest BCUT2D eigenvalue weighted by molar-refractivity contribution is 0.0440. The average molecular weight is 962 g/mol. The number of fused-ring (bicyclic) bond motifs is 3. The summed E-state index contributed by atoms with van der Waals surface area (Å²) >= 11 is 0. The van der Waals surface area contributed by atoms with Crippen molar-refractivity contribution in [1.29, 1.82) is 0 Å². The van der Waals surface area contributed by atoms with Crippen LogP contribution in [-0.2, 0) is 0 Å². The Balaban J connectivity index is 0.841. The normalized spacial score (nSPS) is 37.4. The van der Waals surface area contributed by atoms with Crippen molar-refractivity contribution in [3.8, 4) is 0 Å². The first-order valence-electron chi connectivity index (χ1n) is 33.8. The van der Waals surface area contributed by atoms with Crippen molar-refractivity contribution >= 4 is 0 Å². The van der Waals surface area contributed by atoms with Crippen LogP contribution in [0.15, 0.2) is 23.8 Å². The van der Waals surface area contributed by atoms with E-state index in [1.165, 1.54) is 212 Å². The molecule has 400 valence electrons. The summed E-state index contributed by atoms with van der Waals surface area (Å²) in [6.45, 7) is 10.5. The number of allylic oxidation sites excluding steroid dienone is 4. The Hall–Kier alpha value is -0.520. The van der Waals surface area contributed by atoms with Crippen molar-refractivity contribution in [1.82, 2.24) is 0 Å². The standard InChI is InChI=1S/C70H120/c1-5-7-9-11-17-35-57-47-59(38-37-52(57)41-44-64(53-27-19-13-20-28-53)54-29-21-14-22-30-54)62-42-45-65-66-46-43-63(51-69(66)70(3,4)68(65)50-62)60-39-40-61(58(48-60)36-18-12-10-8-6-2)49-67(55-31-23-15-24-32-55)56-33-25-16-26-34-56/h41,44,49,52-66,68-69H,5-40,42-43,45-48,50-51H2,1-4H3. The van der Waals surface area contributed by atoms with Gasteiger partial charge in [-0.2, -0.15) is 0 Å². The molecule has 0 aromatic heterocycles. The maximum atomic E-state index is 3.08. The van der Waals surface area contributed by atoms with E-state index >= 15 is 0 Å². The second kappa shape index (κ2) is 27.5. The molecule has 0 nitrogen and oxygen atoms in total. The first kappa shape index (κ1) is 54.3. The largest absolute Gasteiger partial charge is 0.0848 e. The molecule has 9 fully saturated rings. The first-order chi connectivity index (χ1) is 34.4. The molecule has 0 aromatic carbocycles. The van der Waals surface area contributed by atoms with E-state index < -0.39 is 0 Å². The Morgan fingerprint density at radius 2 is 0.814 bits per heavy atom. The molecule has 0 amide bonds. The van der Waals surface area contributed by atoms with Crippen molar-refractivity contribution in [2.75, 3.05) is 0 Å². The van der Waals surface area contributed by atoms with E-state index in [0.717, 1.165) is 101 Å².